The van der Waals surface area contributed by atoms with Crippen molar-refractivity contribution >= 4 is 23.5 Å². The number of hydrogen-bond acceptors (Lipinski definition) is 5. The van der Waals surface area contributed by atoms with Crippen LogP contribution in [-0.2, 0) is 14.4 Å². The van der Waals surface area contributed by atoms with E-state index in [4.69, 9.17) is 4.74 Å². The molecule has 7 heteroatoms. The average molecular weight is 414 g/mol. The molecule has 0 radical (unpaired) electrons. The Kier molecular flexibility index (Phi) is 6.65. The number of imide groups is 1. The van der Waals surface area contributed by atoms with E-state index >= 15 is 0 Å². The summed E-state index contributed by atoms with van der Waals surface area (Å²) in [5, 5.41) is 2.79. The van der Waals surface area contributed by atoms with E-state index in [1.807, 2.05) is 6.07 Å². The number of nitrogens with one attached hydrogen (secondary N) is 1. The van der Waals surface area contributed by atoms with Gasteiger partial charge in [-0.2, -0.15) is 0 Å². The third-order valence-electron chi connectivity index (χ3n) is 6.72. The molecule has 3 amide bonds. The Hall–Kier alpha value is -2.44. The first-order valence-corrected chi connectivity index (χ1v) is 11.4. The minimum atomic E-state index is -0.272. The molecule has 1 N–H and O–H groups in total. The van der Waals surface area contributed by atoms with Crippen LogP contribution >= 0.6 is 0 Å². The molecule has 3 aliphatic rings. The summed E-state index contributed by atoms with van der Waals surface area (Å²) in [7, 11) is 0. The Morgan fingerprint density at radius 1 is 1.03 bits per heavy atom. The highest BCUT2D eigenvalue weighted by Gasteiger charge is 2.47. The minimum Gasteiger partial charge on any atom is -0.489 e. The van der Waals surface area contributed by atoms with Gasteiger partial charge in [-0.25, -0.2) is 4.98 Å². The van der Waals surface area contributed by atoms with E-state index < -0.39 is 0 Å². The second-order valence-corrected chi connectivity index (χ2v) is 8.79. The molecule has 2 aliphatic carbocycles. The number of ether oxygens (including phenoxy) is 1. The standard InChI is InChI=1S/C23H31N3O4/c27-20(12-14-26-22(28)17-9-4-5-10-18(17)23(26)29)25-21-19(11-6-13-24-21)30-15-16-7-2-1-3-8-16/h6,11,13,16-18H,1-5,7-10,12,14-15H2,(H,24,25,27). The second kappa shape index (κ2) is 9.58. The van der Waals surface area contributed by atoms with Gasteiger partial charge in [0.05, 0.1) is 18.4 Å². The number of amides is 3. The summed E-state index contributed by atoms with van der Waals surface area (Å²) in [6.07, 6.45) is 11.4. The topological polar surface area (TPSA) is 88.6 Å². The van der Waals surface area contributed by atoms with Crippen LogP contribution in [0.3, 0.4) is 0 Å². The molecule has 1 saturated heterocycles. The van der Waals surface area contributed by atoms with Gasteiger partial charge in [-0.3, -0.25) is 19.3 Å². The third-order valence-corrected chi connectivity index (χ3v) is 6.72. The molecule has 1 aromatic heterocycles. The molecule has 4 rings (SSSR count). The van der Waals surface area contributed by atoms with Crippen LogP contribution in [0.2, 0.25) is 0 Å². The lowest BCUT2D eigenvalue weighted by atomic mass is 9.81. The lowest BCUT2D eigenvalue weighted by Crippen LogP contribution is -2.34. The Labute approximate surface area is 177 Å². The van der Waals surface area contributed by atoms with E-state index in [1.54, 1.807) is 12.3 Å². The highest BCUT2D eigenvalue weighted by atomic mass is 16.5. The van der Waals surface area contributed by atoms with Crippen LogP contribution in [0.5, 0.6) is 5.75 Å². The average Bonchev–Trinajstić information content (AvgIpc) is 3.02. The molecule has 2 unspecified atom stereocenters. The molecule has 1 aromatic rings. The molecular formula is C23H31N3O4. The lowest BCUT2D eigenvalue weighted by Gasteiger charge is -2.22. The first kappa shape index (κ1) is 20.8. The SMILES string of the molecule is O=C(CCN1C(=O)C2CCCCC2C1=O)Nc1ncccc1OCC1CCCCC1. The van der Waals surface area contributed by atoms with Gasteiger partial charge in [-0.05, 0) is 43.7 Å². The smallest absolute Gasteiger partial charge is 0.233 e. The maximum atomic E-state index is 12.6. The third kappa shape index (κ3) is 4.65. The molecule has 162 valence electrons. The van der Waals surface area contributed by atoms with Gasteiger partial charge in [0.2, 0.25) is 17.7 Å². The number of likely N-dealkylation sites (tertiary alicyclic amines) is 1. The summed E-state index contributed by atoms with van der Waals surface area (Å²) >= 11 is 0. The van der Waals surface area contributed by atoms with E-state index in [1.165, 1.54) is 37.0 Å². The number of aromatic nitrogens is 1. The Balaban J connectivity index is 1.30. The van der Waals surface area contributed by atoms with Crippen LogP contribution in [0, 0.1) is 17.8 Å². The van der Waals surface area contributed by atoms with Gasteiger partial charge in [-0.15, -0.1) is 0 Å². The van der Waals surface area contributed by atoms with Crippen molar-refractivity contribution < 1.29 is 19.1 Å². The van der Waals surface area contributed by atoms with Gasteiger partial charge >= 0.3 is 0 Å². The fraction of sp³-hybridized carbons (Fsp3) is 0.652. The summed E-state index contributed by atoms with van der Waals surface area (Å²) in [6, 6.07) is 3.60. The number of fused-ring (bicyclic) bond motifs is 1. The molecule has 7 nitrogen and oxygen atoms in total. The first-order chi connectivity index (χ1) is 14.6. The molecule has 0 bridgehead atoms. The zero-order valence-corrected chi connectivity index (χ0v) is 17.5. The van der Waals surface area contributed by atoms with Crippen LogP contribution < -0.4 is 10.1 Å². The van der Waals surface area contributed by atoms with Gasteiger partial charge in [0.1, 0.15) is 0 Å². The minimum absolute atomic E-state index is 0.0650. The molecule has 0 aromatic carbocycles. The number of carbonyl (C=O) groups is 3. The molecule has 2 atom stereocenters. The van der Waals surface area contributed by atoms with E-state index in [-0.39, 0.29) is 42.5 Å². The predicted octanol–water partition coefficient (Wildman–Crippen LogP) is 3.54. The first-order valence-electron chi connectivity index (χ1n) is 11.4. The molecule has 2 saturated carbocycles. The zero-order chi connectivity index (χ0) is 20.9. The normalized spacial score (nSPS) is 24.6. The molecule has 2 heterocycles. The summed E-state index contributed by atoms with van der Waals surface area (Å²) in [5.41, 5.74) is 0. The largest absolute Gasteiger partial charge is 0.489 e. The number of hydrogen-bond donors (Lipinski definition) is 1. The Morgan fingerprint density at radius 2 is 1.70 bits per heavy atom. The van der Waals surface area contributed by atoms with E-state index in [0.717, 1.165) is 25.7 Å². The van der Waals surface area contributed by atoms with Crippen LogP contribution in [0.25, 0.3) is 0 Å². The van der Waals surface area contributed by atoms with Gasteiger partial charge in [0.25, 0.3) is 0 Å². The maximum absolute atomic E-state index is 12.6. The van der Waals surface area contributed by atoms with Crippen LogP contribution in [0.1, 0.15) is 64.2 Å². The van der Waals surface area contributed by atoms with Crippen molar-refractivity contribution in [3.05, 3.63) is 18.3 Å². The Morgan fingerprint density at radius 3 is 2.40 bits per heavy atom. The predicted molar refractivity (Wildman–Crippen MR) is 112 cm³/mol. The Bertz CT molecular complexity index is 766. The number of carbonyl (C=O) groups excluding carboxylic acids is 3. The number of rotatable bonds is 7. The molecular weight excluding hydrogens is 382 g/mol. The summed E-state index contributed by atoms with van der Waals surface area (Å²) in [4.78, 5) is 43.1. The fourth-order valence-electron chi connectivity index (χ4n) is 5.02. The molecule has 0 spiro atoms. The summed E-state index contributed by atoms with van der Waals surface area (Å²) < 4.78 is 5.96. The monoisotopic (exact) mass is 413 g/mol. The van der Waals surface area contributed by atoms with Gasteiger partial charge in [0, 0.05) is 19.2 Å². The van der Waals surface area contributed by atoms with Crippen molar-refractivity contribution in [3.63, 3.8) is 0 Å². The summed E-state index contributed by atoms with van der Waals surface area (Å²) in [5.74, 6) is 0.681. The van der Waals surface area contributed by atoms with Crippen molar-refractivity contribution in [1.82, 2.24) is 9.88 Å². The molecule has 3 fully saturated rings. The molecule has 1 aliphatic heterocycles. The van der Waals surface area contributed by atoms with Crippen molar-refractivity contribution in [2.45, 2.75) is 64.2 Å². The highest BCUT2D eigenvalue weighted by Crippen LogP contribution is 2.38. The van der Waals surface area contributed by atoms with Crippen molar-refractivity contribution in [3.8, 4) is 5.75 Å². The molecule has 30 heavy (non-hydrogen) atoms. The number of pyridine rings is 1. The zero-order valence-electron chi connectivity index (χ0n) is 17.5. The van der Waals surface area contributed by atoms with Crippen LogP contribution in [0.15, 0.2) is 18.3 Å². The van der Waals surface area contributed by atoms with Gasteiger partial charge in [0.15, 0.2) is 11.6 Å². The quantitative estimate of drug-likeness (QED) is 0.691. The van der Waals surface area contributed by atoms with E-state index in [0.29, 0.717) is 24.1 Å². The lowest BCUT2D eigenvalue weighted by molar-refractivity contribution is -0.140. The number of nitrogens with zero attached hydrogens (tertiary/aromatic N) is 2. The van der Waals surface area contributed by atoms with E-state index in [9.17, 15) is 14.4 Å². The maximum Gasteiger partial charge on any atom is 0.233 e. The summed E-state index contributed by atoms with van der Waals surface area (Å²) in [6.45, 7) is 0.760. The van der Waals surface area contributed by atoms with Crippen molar-refractivity contribution in [2.24, 2.45) is 17.8 Å². The highest BCUT2D eigenvalue weighted by molar-refractivity contribution is 6.05. The van der Waals surface area contributed by atoms with Crippen LogP contribution in [-0.4, -0.2) is 40.8 Å². The fourth-order valence-corrected chi connectivity index (χ4v) is 5.02. The van der Waals surface area contributed by atoms with E-state index in [2.05, 4.69) is 10.3 Å². The van der Waals surface area contributed by atoms with Crippen LogP contribution in [0.4, 0.5) is 5.82 Å². The van der Waals surface area contributed by atoms with Crippen molar-refractivity contribution in [2.75, 3.05) is 18.5 Å². The van der Waals surface area contributed by atoms with Gasteiger partial charge in [-0.1, -0.05) is 32.1 Å². The number of anilines is 1. The van der Waals surface area contributed by atoms with Gasteiger partial charge < -0.3 is 10.1 Å². The second-order valence-electron chi connectivity index (χ2n) is 8.79. The van der Waals surface area contributed by atoms with Crippen molar-refractivity contribution in [1.29, 1.82) is 0 Å².